The molecule has 0 saturated carbocycles. The molecule has 1 fully saturated rings. The first kappa shape index (κ1) is 16.4. The molecule has 0 aromatic carbocycles. The number of hydrogen-bond donors (Lipinski definition) is 1. The summed E-state index contributed by atoms with van der Waals surface area (Å²) in [5, 5.41) is 2.76. The Kier molecular flexibility index (Phi) is 6.71. The zero-order valence-electron chi connectivity index (χ0n) is 11.0. The van der Waals surface area contributed by atoms with E-state index in [4.69, 9.17) is 10.5 Å². The molecule has 1 unspecified atom stereocenters. The molecule has 1 amide bonds. The van der Waals surface area contributed by atoms with Crippen LogP contribution in [0.5, 0.6) is 0 Å². The third-order valence-corrected chi connectivity index (χ3v) is 4.00. The number of morpholine rings is 1. The van der Waals surface area contributed by atoms with Crippen molar-refractivity contribution in [3.63, 3.8) is 0 Å². The Morgan fingerprint density at radius 1 is 1.68 bits per heavy atom. The minimum atomic E-state index is 0. The molecule has 108 valence electrons. The molecule has 1 saturated heterocycles. The molecule has 1 aliphatic rings. The summed E-state index contributed by atoms with van der Waals surface area (Å²) >= 11 is 1.51. The van der Waals surface area contributed by atoms with Crippen LogP contribution in [0.3, 0.4) is 0 Å². The minimum Gasteiger partial charge on any atom is -0.377 e. The van der Waals surface area contributed by atoms with Gasteiger partial charge in [0.25, 0.3) is 5.91 Å². The predicted octanol–water partition coefficient (Wildman–Crippen LogP) is 1.32. The molecule has 5 nitrogen and oxygen atoms in total. The summed E-state index contributed by atoms with van der Waals surface area (Å²) in [4.78, 5) is 18.6. The van der Waals surface area contributed by atoms with Gasteiger partial charge in [-0.2, -0.15) is 0 Å². The van der Waals surface area contributed by atoms with E-state index in [2.05, 4.69) is 11.9 Å². The second kappa shape index (κ2) is 7.79. The largest absolute Gasteiger partial charge is 0.377 e. The molecule has 7 heteroatoms. The van der Waals surface area contributed by atoms with Crippen LogP contribution >= 0.6 is 23.7 Å². The summed E-state index contributed by atoms with van der Waals surface area (Å²) < 4.78 is 5.40. The van der Waals surface area contributed by atoms with Crippen molar-refractivity contribution >= 4 is 29.7 Å². The van der Waals surface area contributed by atoms with Crippen LogP contribution in [0.1, 0.15) is 28.8 Å². The quantitative estimate of drug-likeness (QED) is 0.911. The maximum Gasteiger partial charge on any atom is 0.273 e. The van der Waals surface area contributed by atoms with E-state index in [1.807, 2.05) is 10.3 Å². The van der Waals surface area contributed by atoms with Crippen LogP contribution in [0.4, 0.5) is 0 Å². The van der Waals surface area contributed by atoms with Gasteiger partial charge in [0.1, 0.15) is 5.69 Å². The number of halogens is 1. The summed E-state index contributed by atoms with van der Waals surface area (Å²) in [5.74, 6) is 0.0182. The van der Waals surface area contributed by atoms with E-state index in [1.165, 1.54) is 11.3 Å². The number of carbonyl (C=O) groups excluding carboxylic acids is 1. The first-order chi connectivity index (χ1) is 8.76. The van der Waals surface area contributed by atoms with Gasteiger partial charge in [-0.25, -0.2) is 4.98 Å². The Balaban J connectivity index is 0.00000180. The number of carbonyl (C=O) groups is 1. The lowest BCUT2D eigenvalue weighted by Crippen LogP contribution is -2.48. The molecule has 1 atom stereocenters. The number of nitrogens with two attached hydrogens (primary N) is 1. The second-order valence-corrected chi connectivity index (χ2v) is 5.24. The molecular formula is C12H20ClN3O2S. The monoisotopic (exact) mass is 305 g/mol. The van der Waals surface area contributed by atoms with Crippen molar-refractivity contribution in [2.24, 2.45) is 5.73 Å². The Morgan fingerprint density at radius 3 is 3.16 bits per heavy atom. The fourth-order valence-corrected chi connectivity index (χ4v) is 2.84. The fraction of sp³-hybridized carbons (Fsp3) is 0.667. The van der Waals surface area contributed by atoms with Crippen molar-refractivity contribution in [2.45, 2.75) is 25.8 Å². The molecule has 19 heavy (non-hydrogen) atoms. The smallest absolute Gasteiger partial charge is 0.273 e. The lowest BCUT2D eigenvalue weighted by atomic mass is 10.1. The highest BCUT2D eigenvalue weighted by Crippen LogP contribution is 2.17. The lowest BCUT2D eigenvalue weighted by Gasteiger charge is -2.34. The zero-order chi connectivity index (χ0) is 13.0. The van der Waals surface area contributed by atoms with Crippen LogP contribution in [-0.4, -0.2) is 48.1 Å². The number of ether oxygens (including phenoxy) is 1. The molecule has 2 heterocycles. The van der Waals surface area contributed by atoms with E-state index >= 15 is 0 Å². The van der Waals surface area contributed by atoms with E-state index in [-0.39, 0.29) is 24.4 Å². The number of aromatic nitrogens is 1. The van der Waals surface area contributed by atoms with Crippen molar-refractivity contribution < 1.29 is 9.53 Å². The Labute approximate surface area is 123 Å². The summed E-state index contributed by atoms with van der Waals surface area (Å²) in [6, 6.07) is 0.172. The molecule has 0 aliphatic carbocycles. The van der Waals surface area contributed by atoms with E-state index in [1.54, 1.807) is 0 Å². The van der Waals surface area contributed by atoms with Crippen molar-refractivity contribution in [3.05, 3.63) is 16.1 Å². The van der Waals surface area contributed by atoms with Gasteiger partial charge < -0.3 is 15.4 Å². The Bertz CT molecular complexity index is 413. The number of thiazole rings is 1. The molecule has 1 aromatic rings. The summed E-state index contributed by atoms with van der Waals surface area (Å²) in [5.41, 5.74) is 6.03. The maximum absolute atomic E-state index is 12.4. The molecule has 0 bridgehead atoms. The summed E-state index contributed by atoms with van der Waals surface area (Å²) in [7, 11) is 0. The predicted molar refractivity (Wildman–Crippen MR) is 78.1 cm³/mol. The van der Waals surface area contributed by atoms with Gasteiger partial charge in [-0.05, 0) is 13.0 Å². The van der Waals surface area contributed by atoms with Crippen molar-refractivity contribution in [1.29, 1.82) is 0 Å². The van der Waals surface area contributed by atoms with Crippen LogP contribution in [0.25, 0.3) is 0 Å². The van der Waals surface area contributed by atoms with Gasteiger partial charge in [-0.3, -0.25) is 4.79 Å². The van der Waals surface area contributed by atoms with Crippen LogP contribution in [-0.2, 0) is 11.2 Å². The van der Waals surface area contributed by atoms with Crippen molar-refractivity contribution in [3.8, 4) is 0 Å². The lowest BCUT2D eigenvalue weighted by molar-refractivity contribution is -0.00307. The van der Waals surface area contributed by atoms with Crippen LogP contribution in [0.2, 0.25) is 0 Å². The van der Waals surface area contributed by atoms with Crippen molar-refractivity contribution in [1.82, 2.24) is 9.88 Å². The SMILES string of the molecule is CCC1COCCN1C(=O)c1csc(CCN)n1.Cl. The Morgan fingerprint density at radius 2 is 2.47 bits per heavy atom. The highest BCUT2D eigenvalue weighted by Gasteiger charge is 2.28. The third kappa shape index (κ3) is 3.89. The maximum atomic E-state index is 12.4. The molecule has 2 N–H and O–H groups in total. The second-order valence-electron chi connectivity index (χ2n) is 4.30. The van der Waals surface area contributed by atoms with Gasteiger partial charge in [0.05, 0.1) is 24.3 Å². The molecular weight excluding hydrogens is 286 g/mol. The summed E-state index contributed by atoms with van der Waals surface area (Å²) in [6.45, 7) is 4.53. The molecule has 0 radical (unpaired) electrons. The van der Waals surface area contributed by atoms with Gasteiger partial charge in [-0.1, -0.05) is 6.92 Å². The molecule has 2 rings (SSSR count). The first-order valence-corrected chi connectivity index (χ1v) is 7.17. The van der Waals surface area contributed by atoms with E-state index < -0.39 is 0 Å². The minimum absolute atomic E-state index is 0. The highest BCUT2D eigenvalue weighted by molar-refractivity contribution is 7.09. The number of nitrogens with zero attached hydrogens (tertiary/aromatic N) is 2. The highest BCUT2D eigenvalue weighted by atomic mass is 35.5. The van der Waals surface area contributed by atoms with E-state index in [0.29, 0.717) is 32.0 Å². The van der Waals surface area contributed by atoms with Crippen LogP contribution in [0.15, 0.2) is 5.38 Å². The Hall–Kier alpha value is -0.690. The van der Waals surface area contributed by atoms with Crippen molar-refractivity contribution in [2.75, 3.05) is 26.3 Å². The first-order valence-electron chi connectivity index (χ1n) is 6.29. The topological polar surface area (TPSA) is 68.5 Å². The normalized spacial score (nSPS) is 19.1. The van der Waals surface area contributed by atoms with E-state index in [0.717, 1.165) is 17.8 Å². The number of hydrogen-bond acceptors (Lipinski definition) is 5. The third-order valence-electron chi connectivity index (χ3n) is 3.09. The number of rotatable bonds is 4. The molecule has 1 aliphatic heterocycles. The summed E-state index contributed by atoms with van der Waals surface area (Å²) in [6.07, 6.45) is 1.64. The standard InChI is InChI=1S/C12H19N3O2S.ClH/c1-2-9-7-17-6-5-15(9)12(16)10-8-18-11(14-10)3-4-13;/h8-9H,2-7,13H2,1H3;1H. The van der Waals surface area contributed by atoms with Gasteiger partial charge in [0.2, 0.25) is 0 Å². The van der Waals surface area contributed by atoms with Gasteiger partial charge in [0, 0.05) is 18.3 Å². The van der Waals surface area contributed by atoms with E-state index in [9.17, 15) is 4.79 Å². The van der Waals surface area contributed by atoms with Gasteiger partial charge in [0.15, 0.2) is 0 Å². The fourth-order valence-electron chi connectivity index (χ4n) is 2.05. The van der Waals surface area contributed by atoms with Crippen LogP contribution in [0, 0.1) is 0 Å². The molecule has 0 spiro atoms. The van der Waals surface area contributed by atoms with Gasteiger partial charge >= 0.3 is 0 Å². The average Bonchev–Trinajstić information content (AvgIpc) is 2.87. The van der Waals surface area contributed by atoms with Crippen LogP contribution < -0.4 is 5.73 Å². The number of amides is 1. The zero-order valence-corrected chi connectivity index (χ0v) is 12.6. The molecule has 1 aromatic heterocycles. The average molecular weight is 306 g/mol. The van der Waals surface area contributed by atoms with Gasteiger partial charge in [-0.15, -0.1) is 23.7 Å².